The van der Waals surface area contributed by atoms with Crippen molar-refractivity contribution in [2.45, 2.75) is 53.5 Å². The van der Waals surface area contributed by atoms with E-state index in [2.05, 4.69) is 95.9 Å². The van der Waals surface area contributed by atoms with Gasteiger partial charge in [0.1, 0.15) is 51.1 Å². The second-order valence-corrected chi connectivity index (χ2v) is 10.4. The summed E-state index contributed by atoms with van der Waals surface area (Å²) >= 11 is 0. The number of ether oxygens (including phenoxy) is 6. The van der Waals surface area contributed by atoms with Crippen LogP contribution in [0.5, 0.6) is 11.5 Å². The first-order valence-corrected chi connectivity index (χ1v) is 14.5. The molecule has 0 saturated carbocycles. The second kappa shape index (κ2) is 16.3. The summed E-state index contributed by atoms with van der Waals surface area (Å²) < 4.78 is 36.4. The highest BCUT2D eigenvalue weighted by Crippen LogP contribution is 2.30. The number of fused-ring (bicyclic) bond motifs is 14. The van der Waals surface area contributed by atoms with Gasteiger partial charge in [0.15, 0.2) is 0 Å². The van der Waals surface area contributed by atoms with E-state index in [-0.39, 0.29) is 26.4 Å². The Kier molecular flexibility index (Phi) is 11.4. The molecule has 0 saturated heterocycles. The molecule has 6 nitrogen and oxygen atoms in total. The molecular weight excluding hydrogens is 552 g/mol. The van der Waals surface area contributed by atoms with Gasteiger partial charge in [-0.2, -0.15) is 0 Å². The van der Waals surface area contributed by atoms with Crippen LogP contribution in [0.3, 0.4) is 0 Å². The Hall–Kier alpha value is -4.66. The lowest BCUT2D eigenvalue weighted by Crippen LogP contribution is -2.07. The molecule has 6 heteroatoms. The molecule has 3 aromatic rings. The Morgan fingerprint density at radius 1 is 0.432 bits per heavy atom. The SMILES string of the molecule is Cc1cc2c3c(c1)COCC#CC#CCOCc1cc(C)cc(c1OCc1ccc(cc1)CO3)COCC#CC#CCOC2. The smallest absolute Gasteiger partial charge is 0.130 e. The zero-order valence-electron chi connectivity index (χ0n) is 25.1. The summed E-state index contributed by atoms with van der Waals surface area (Å²) in [6, 6.07) is 16.5. The minimum atomic E-state index is 0.238. The predicted octanol–water partition coefficient (Wildman–Crippen LogP) is 5.57. The fourth-order valence-electron chi connectivity index (χ4n) is 4.87. The highest BCUT2D eigenvalue weighted by atomic mass is 16.5. The van der Waals surface area contributed by atoms with E-state index in [1.165, 1.54) is 0 Å². The Balaban J connectivity index is 1.52. The van der Waals surface area contributed by atoms with E-state index in [0.29, 0.717) is 39.6 Å². The number of rotatable bonds is 0. The van der Waals surface area contributed by atoms with Gasteiger partial charge in [-0.25, -0.2) is 0 Å². The minimum absolute atomic E-state index is 0.238. The van der Waals surface area contributed by atoms with Crippen molar-refractivity contribution >= 4 is 0 Å². The van der Waals surface area contributed by atoms with Crippen LogP contribution in [0.1, 0.15) is 44.5 Å². The van der Waals surface area contributed by atoms with Crippen molar-refractivity contribution in [3.63, 3.8) is 0 Å². The van der Waals surface area contributed by atoms with Gasteiger partial charge in [0.2, 0.25) is 0 Å². The van der Waals surface area contributed by atoms with Gasteiger partial charge >= 0.3 is 0 Å². The lowest BCUT2D eigenvalue weighted by Gasteiger charge is -2.18. The molecule has 7 rings (SSSR count). The molecule has 222 valence electrons. The van der Waals surface area contributed by atoms with Crippen LogP contribution in [0, 0.1) is 61.2 Å². The Morgan fingerprint density at radius 2 is 0.727 bits per heavy atom. The monoisotopic (exact) mass is 586 g/mol. The Labute approximate surface area is 260 Å². The van der Waals surface area contributed by atoms with Crippen molar-refractivity contribution in [1.29, 1.82) is 0 Å². The molecule has 0 unspecified atom stereocenters. The van der Waals surface area contributed by atoms with E-state index in [4.69, 9.17) is 28.4 Å². The quantitative estimate of drug-likeness (QED) is 0.321. The Morgan fingerprint density at radius 3 is 1.02 bits per heavy atom. The largest absolute Gasteiger partial charge is 0.488 e. The van der Waals surface area contributed by atoms with Crippen LogP contribution in [-0.2, 0) is 58.6 Å². The summed E-state index contributed by atoms with van der Waals surface area (Å²) in [6.45, 7) is 7.15. The lowest BCUT2D eigenvalue weighted by atomic mass is 10.0. The molecule has 0 radical (unpaired) electrons. The average molecular weight is 587 g/mol. The summed E-state index contributed by atoms with van der Waals surface area (Å²) in [5, 5.41) is 0. The van der Waals surface area contributed by atoms with Gasteiger partial charge in [0.25, 0.3) is 0 Å². The molecule has 4 aliphatic heterocycles. The van der Waals surface area contributed by atoms with Gasteiger partial charge in [-0.15, -0.1) is 0 Å². The molecule has 4 bridgehead atoms. The van der Waals surface area contributed by atoms with Crippen LogP contribution in [0.2, 0.25) is 0 Å². The van der Waals surface area contributed by atoms with Gasteiger partial charge in [-0.1, -0.05) is 83.3 Å². The normalized spacial score (nSPS) is 15.5. The van der Waals surface area contributed by atoms with Gasteiger partial charge in [0.05, 0.1) is 26.4 Å². The van der Waals surface area contributed by atoms with Crippen LogP contribution < -0.4 is 9.47 Å². The van der Waals surface area contributed by atoms with E-state index in [0.717, 1.165) is 56.0 Å². The zero-order valence-corrected chi connectivity index (χ0v) is 25.1. The molecule has 4 heterocycles. The van der Waals surface area contributed by atoms with Crippen LogP contribution in [-0.4, -0.2) is 26.4 Å². The van der Waals surface area contributed by atoms with E-state index >= 15 is 0 Å². The summed E-state index contributed by atoms with van der Waals surface area (Å²) in [6.07, 6.45) is 0. The van der Waals surface area contributed by atoms with E-state index in [1.54, 1.807) is 0 Å². The van der Waals surface area contributed by atoms with Crippen LogP contribution in [0.15, 0.2) is 48.5 Å². The van der Waals surface area contributed by atoms with Crippen molar-refractivity contribution in [3.8, 4) is 58.9 Å². The standard InChI is InChI=1S/C38H34O6/c1-29-19-33-25-39-15-7-3-5-9-17-41-27-35-21-30(2)22-36-28-42-18-10-6-4-8-16-40-26-34(20-29)37(33)43-23-31-11-13-32(14-12-31)24-44-38(35)36/h11-14,19-22H,15-18,23-28H2,1-2H3. The second-order valence-electron chi connectivity index (χ2n) is 10.4. The number of hydrogen-bond donors (Lipinski definition) is 0. The average Bonchev–Trinajstić information content (AvgIpc) is 3.01. The highest BCUT2D eigenvalue weighted by Gasteiger charge is 2.15. The van der Waals surface area contributed by atoms with E-state index in [9.17, 15) is 0 Å². The number of aryl methyl sites for hydroxylation is 2. The summed E-state index contributed by atoms with van der Waals surface area (Å²) in [4.78, 5) is 0. The first-order valence-electron chi connectivity index (χ1n) is 14.5. The molecule has 0 amide bonds. The summed E-state index contributed by atoms with van der Waals surface area (Å²) in [5.74, 6) is 24.7. The topological polar surface area (TPSA) is 55.4 Å². The first-order chi connectivity index (χ1) is 21.7. The maximum Gasteiger partial charge on any atom is 0.130 e. The van der Waals surface area contributed by atoms with Gasteiger partial charge in [-0.05, 0) is 48.7 Å². The fraction of sp³-hybridized carbons (Fsp3) is 0.316. The molecule has 44 heavy (non-hydrogen) atoms. The van der Waals surface area contributed by atoms with E-state index in [1.807, 2.05) is 13.8 Å². The molecule has 0 atom stereocenters. The molecule has 0 fully saturated rings. The van der Waals surface area contributed by atoms with Crippen molar-refractivity contribution < 1.29 is 28.4 Å². The number of hydrogen-bond acceptors (Lipinski definition) is 6. The fourth-order valence-corrected chi connectivity index (χ4v) is 4.87. The maximum atomic E-state index is 6.42. The van der Waals surface area contributed by atoms with Crippen molar-refractivity contribution in [1.82, 2.24) is 0 Å². The van der Waals surface area contributed by atoms with Gasteiger partial charge in [-0.3, -0.25) is 0 Å². The third-order valence-electron chi connectivity index (χ3n) is 6.77. The predicted molar refractivity (Wildman–Crippen MR) is 167 cm³/mol. The third-order valence-corrected chi connectivity index (χ3v) is 6.77. The van der Waals surface area contributed by atoms with Gasteiger partial charge in [0, 0.05) is 22.3 Å². The molecule has 3 aromatic carbocycles. The van der Waals surface area contributed by atoms with E-state index < -0.39 is 0 Å². The highest BCUT2D eigenvalue weighted by molar-refractivity contribution is 5.46. The summed E-state index contributed by atoms with van der Waals surface area (Å²) in [5.41, 5.74) is 7.92. The minimum Gasteiger partial charge on any atom is -0.488 e. The molecular formula is C38H34O6. The lowest BCUT2D eigenvalue weighted by molar-refractivity contribution is 0.140. The molecule has 0 aliphatic carbocycles. The van der Waals surface area contributed by atoms with Crippen LogP contribution in [0.25, 0.3) is 0 Å². The maximum absolute atomic E-state index is 6.42. The molecule has 4 aliphatic rings. The number of benzene rings is 3. The first kappa shape index (κ1) is 30.8. The molecule has 0 N–H and O–H groups in total. The van der Waals surface area contributed by atoms with Gasteiger partial charge < -0.3 is 28.4 Å². The molecule has 0 aromatic heterocycles. The zero-order chi connectivity index (χ0) is 30.4. The summed E-state index contributed by atoms with van der Waals surface area (Å²) in [7, 11) is 0. The van der Waals surface area contributed by atoms with Crippen LogP contribution >= 0.6 is 0 Å². The molecule has 0 spiro atoms. The van der Waals surface area contributed by atoms with Crippen molar-refractivity contribution in [2.24, 2.45) is 0 Å². The van der Waals surface area contributed by atoms with Crippen molar-refractivity contribution in [2.75, 3.05) is 26.4 Å². The van der Waals surface area contributed by atoms with Crippen LogP contribution in [0.4, 0.5) is 0 Å². The Bertz CT molecular complexity index is 1490. The third kappa shape index (κ3) is 9.17. The van der Waals surface area contributed by atoms with Crippen molar-refractivity contribution in [3.05, 3.63) is 93.0 Å².